The number of esters is 1. The van der Waals surface area contributed by atoms with Crippen molar-refractivity contribution in [3.05, 3.63) is 75.5 Å². The molecular weight excluding hydrogens is 602 g/mol. The van der Waals surface area contributed by atoms with Gasteiger partial charge in [0, 0.05) is 26.2 Å². The largest absolute Gasteiger partial charge is 0.496 e. The Morgan fingerprint density at radius 3 is 2.63 bits per heavy atom. The van der Waals surface area contributed by atoms with E-state index in [0.29, 0.717) is 42.5 Å². The molecular formula is C24H23Br2N3O5S. The summed E-state index contributed by atoms with van der Waals surface area (Å²) in [6, 6.07) is 6.55. The number of aromatic nitrogens is 1. The van der Waals surface area contributed by atoms with Crippen LogP contribution in [0.1, 0.15) is 31.2 Å². The molecule has 0 bridgehead atoms. The molecule has 3 aromatic rings. The highest BCUT2D eigenvalue weighted by Gasteiger charge is 2.33. The van der Waals surface area contributed by atoms with Gasteiger partial charge in [-0.2, -0.15) is 0 Å². The molecule has 1 aliphatic heterocycles. The lowest BCUT2D eigenvalue weighted by Crippen LogP contribution is -2.39. The number of carbonyl (C=O) groups excluding carboxylic acids is 1. The van der Waals surface area contributed by atoms with Crippen molar-refractivity contribution in [2.24, 2.45) is 4.99 Å². The quantitative estimate of drug-likeness (QED) is 0.386. The fourth-order valence-corrected chi connectivity index (χ4v) is 6.09. The molecule has 4 rings (SSSR count). The highest BCUT2D eigenvalue weighted by molar-refractivity contribution is 9.11. The third-order valence-corrected chi connectivity index (χ3v) is 7.55. The molecule has 2 aromatic heterocycles. The Kier molecular flexibility index (Phi) is 7.39. The molecule has 1 atom stereocenters. The van der Waals surface area contributed by atoms with E-state index < -0.39 is 12.0 Å². The maximum atomic E-state index is 13.7. The SMILES string of the molecule is CCOC(=O)C1=C(C)N=c2s/c(=C/c3cc(Br)c(N(C)C)o3)c(=O)n2[C@H]1c1ccc(OC)c(Br)c1. The lowest BCUT2D eigenvalue weighted by atomic mass is 9.96. The van der Waals surface area contributed by atoms with Gasteiger partial charge >= 0.3 is 5.97 Å². The number of halogens is 2. The van der Waals surface area contributed by atoms with Crippen molar-refractivity contribution >= 4 is 61.1 Å². The number of methoxy groups -OCH3 is 1. The fraction of sp³-hybridized carbons (Fsp3) is 0.292. The van der Waals surface area contributed by atoms with Gasteiger partial charge in [-0.1, -0.05) is 17.4 Å². The Morgan fingerprint density at radius 2 is 2.03 bits per heavy atom. The molecule has 0 fully saturated rings. The Bertz CT molecular complexity index is 1520. The van der Waals surface area contributed by atoms with E-state index in [1.54, 1.807) is 39.2 Å². The van der Waals surface area contributed by atoms with E-state index in [9.17, 15) is 9.59 Å². The predicted molar refractivity (Wildman–Crippen MR) is 142 cm³/mol. The molecule has 0 unspecified atom stereocenters. The number of fused-ring (bicyclic) bond motifs is 1. The van der Waals surface area contributed by atoms with Crippen molar-refractivity contribution in [3.63, 3.8) is 0 Å². The van der Waals surface area contributed by atoms with Gasteiger partial charge in [0.25, 0.3) is 5.56 Å². The zero-order chi connectivity index (χ0) is 25.4. The second-order valence-electron chi connectivity index (χ2n) is 7.89. The number of hydrogen-bond donors (Lipinski definition) is 0. The van der Waals surface area contributed by atoms with Crippen molar-refractivity contribution in [3.8, 4) is 5.75 Å². The van der Waals surface area contributed by atoms with Crippen LogP contribution in [-0.2, 0) is 9.53 Å². The van der Waals surface area contributed by atoms with Gasteiger partial charge in [-0.25, -0.2) is 9.79 Å². The Hall–Kier alpha value is -2.63. The maximum Gasteiger partial charge on any atom is 0.338 e. The van der Waals surface area contributed by atoms with E-state index in [2.05, 4.69) is 36.9 Å². The van der Waals surface area contributed by atoms with Crippen LogP contribution < -0.4 is 24.5 Å². The van der Waals surface area contributed by atoms with Gasteiger partial charge in [0.05, 0.1) is 44.5 Å². The second-order valence-corrected chi connectivity index (χ2v) is 10.6. The minimum absolute atomic E-state index is 0.209. The molecule has 1 aromatic carbocycles. The molecule has 0 radical (unpaired) electrons. The number of anilines is 1. The van der Waals surface area contributed by atoms with Crippen molar-refractivity contribution in [1.29, 1.82) is 0 Å². The number of hydrogen-bond acceptors (Lipinski definition) is 8. The molecule has 1 aliphatic rings. The van der Waals surface area contributed by atoms with Gasteiger partial charge in [-0.3, -0.25) is 9.36 Å². The maximum absolute atomic E-state index is 13.7. The summed E-state index contributed by atoms with van der Waals surface area (Å²) in [4.78, 5) is 33.6. The second kappa shape index (κ2) is 10.2. The number of rotatable bonds is 6. The van der Waals surface area contributed by atoms with Crippen LogP contribution in [0.3, 0.4) is 0 Å². The first-order valence-corrected chi connectivity index (χ1v) is 13.1. The topological polar surface area (TPSA) is 86.3 Å². The van der Waals surface area contributed by atoms with Crippen molar-refractivity contribution in [2.75, 3.05) is 32.7 Å². The molecule has 0 amide bonds. The summed E-state index contributed by atoms with van der Waals surface area (Å²) < 4.78 is 20.0. The van der Waals surface area contributed by atoms with Crippen molar-refractivity contribution in [2.45, 2.75) is 19.9 Å². The first kappa shape index (κ1) is 25.5. The van der Waals surface area contributed by atoms with Crippen LogP contribution in [0.25, 0.3) is 6.08 Å². The molecule has 3 heterocycles. The Labute approximate surface area is 222 Å². The van der Waals surface area contributed by atoms with Crippen LogP contribution >= 0.6 is 43.2 Å². The lowest BCUT2D eigenvalue weighted by Gasteiger charge is -2.25. The third kappa shape index (κ3) is 4.76. The minimum Gasteiger partial charge on any atom is -0.496 e. The molecule has 35 heavy (non-hydrogen) atoms. The number of thiazole rings is 1. The van der Waals surface area contributed by atoms with Gasteiger partial charge < -0.3 is 18.8 Å². The zero-order valence-electron chi connectivity index (χ0n) is 19.7. The van der Waals surface area contributed by atoms with Crippen LogP contribution in [-0.4, -0.2) is 38.3 Å². The molecule has 0 N–H and O–H groups in total. The summed E-state index contributed by atoms with van der Waals surface area (Å²) in [5.74, 6) is 1.30. The van der Waals surface area contributed by atoms with Crippen LogP contribution in [0, 0.1) is 0 Å². The summed E-state index contributed by atoms with van der Waals surface area (Å²) >= 11 is 8.24. The molecule has 0 saturated carbocycles. The number of benzene rings is 1. The smallest absolute Gasteiger partial charge is 0.338 e. The van der Waals surface area contributed by atoms with Gasteiger partial charge in [0.15, 0.2) is 4.80 Å². The summed E-state index contributed by atoms with van der Waals surface area (Å²) in [7, 11) is 5.31. The molecule has 0 saturated heterocycles. The van der Waals surface area contributed by atoms with Crippen LogP contribution in [0.4, 0.5) is 5.88 Å². The molecule has 8 nitrogen and oxygen atoms in total. The lowest BCUT2D eigenvalue weighted by molar-refractivity contribution is -0.139. The third-order valence-electron chi connectivity index (χ3n) is 5.38. The summed E-state index contributed by atoms with van der Waals surface area (Å²) in [6.45, 7) is 3.70. The van der Waals surface area contributed by atoms with E-state index in [-0.39, 0.29) is 12.2 Å². The van der Waals surface area contributed by atoms with E-state index >= 15 is 0 Å². The number of nitrogens with zero attached hydrogens (tertiary/aromatic N) is 3. The van der Waals surface area contributed by atoms with Gasteiger partial charge in [0.1, 0.15) is 11.5 Å². The van der Waals surface area contributed by atoms with Crippen LogP contribution in [0.15, 0.2) is 58.7 Å². The number of ether oxygens (including phenoxy) is 2. The highest BCUT2D eigenvalue weighted by atomic mass is 79.9. The normalized spacial score (nSPS) is 15.6. The fourth-order valence-electron chi connectivity index (χ4n) is 3.84. The average molecular weight is 625 g/mol. The first-order valence-electron chi connectivity index (χ1n) is 10.7. The van der Waals surface area contributed by atoms with E-state index in [0.717, 1.165) is 10.0 Å². The van der Waals surface area contributed by atoms with Crippen LogP contribution in [0.2, 0.25) is 0 Å². The number of furan rings is 1. The highest BCUT2D eigenvalue weighted by Crippen LogP contribution is 2.35. The van der Waals surface area contributed by atoms with Gasteiger partial charge in [0.2, 0.25) is 5.88 Å². The van der Waals surface area contributed by atoms with Crippen LogP contribution in [0.5, 0.6) is 5.75 Å². The van der Waals surface area contributed by atoms with Gasteiger partial charge in [-0.15, -0.1) is 0 Å². The Balaban J connectivity index is 1.94. The standard InChI is InChI=1S/C24H23Br2N3O5S/c1-6-33-23(31)19-12(2)27-24-29(20(19)13-7-8-17(32-5)15(25)9-13)21(30)18(35-24)11-14-10-16(26)22(34-14)28(3)4/h7-11,20H,6H2,1-5H3/b18-11+/t20-/m0/s1. The summed E-state index contributed by atoms with van der Waals surface area (Å²) in [5, 5.41) is 0. The molecule has 11 heteroatoms. The summed E-state index contributed by atoms with van der Waals surface area (Å²) in [5.41, 5.74) is 1.26. The van der Waals surface area contributed by atoms with Crippen molar-refractivity contribution in [1.82, 2.24) is 4.57 Å². The van der Waals surface area contributed by atoms with Crippen molar-refractivity contribution < 1.29 is 18.7 Å². The summed E-state index contributed by atoms with van der Waals surface area (Å²) in [6.07, 6.45) is 1.69. The predicted octanol–water partition coefficient (Wildman–Crippen LogP) is 3.99. The first-order chi connectivity index (χ1) is 16.7. The molecule has 184 valence electrons. The number of allylic oxidation sites excluding steroid dienone is 1. The van der Waals surface area contributed by atoms with Gasteiger partial charge in [-0.05, 0) is 63.4 Å². The van der Waals surface area contributed by atoms with E-state index in [4.69, 9.17) is 13.9 Å². The number of carbonyl (C=O) groups is 1. The monoisotopic (exact) mass is 623 g/mol. The van der Waals surface area contributed by atoms with E-state index in [1.165, 1.54) is 15.9 Å². The Morgan fingerprint density at radius 1 is 1.29 bits per heavy atom. The van der Waals surface area contributed by atoms with E-state index in [1.807, 2.05) is 31.1 Å². The zero-order valence-corrected chi connectivity index (χ0v) is 23.7. The average Bonchev–Trinajstić information content (AvgIpc) is 3.32. The molecule has 0 aliphatic carbocycles. The minimum atomic E-state index is -0.713. The molecule has 0 spiro atoms.